The number of aryl methyl sites for hydroxylation is 2. The molecular weight excluding hydrogens is 458 g/mol. The van der Waals surface area contributed by atoms with E-state index in [1.54, 1.807) is 30.3 Å². The molecule has 0 N–H and O–H groups in total. The van der Waals surface area contributed by atoms with E-state index < -0.39 is 6.04 Å². The third-order valence-electron chi connectivity index (χ3n) is 7.05. The first-order valence-electron chi connectivity index (χ1n) is 12.3. The fourth-order valence-electron chi connectivity index (χ4n) is 5.15. The molecule has 3 aromatic rings. The highest BCUT2D eigenvalue weighted by Gasteiger charge is 2.36. The van der Waals surface area contributed by atoms with Crippen molar-refractivity contribution in [3.8, 4) is 0 Å². The number of hydrazone groups is 1. The molecule has 2 aliphatic rings. The van der Waals surface area contributed by atoms with Gasteiger partial charge in [0.2, 0.25) is 0 Å². The minimum Gasteiger partial charge on any atom is -0.367 e. The number of nitrogens with zero attached hydrogens (tertiary/aromatic N) is 4. The molecule has 0 aliphatic carbocycles. The molecule has 0 radical (unpaired) electrons. The molecule has 2 heterocycles. The van der Waals surface area contributed by atoms with Crippen molar-refractivity contribution < 1.29 is 13.6 Å². The predicted octanol–water partition coefficient (Wildman–Crippen LogP) is 5.08. The van der Waals surface area contributed by atoms with Crippen molar-refractivity contribution in [3.63, 3.8) is 0 Å². The zero-order valence-corrected chi connectivity index (χ0v) is 20.6. The van der Waals surface area contributed by atoms with Gasteiger partial charge in [-0.2, -0.15) is 5.10 Å². The van der Waals surface area contributed by atoms with Gasteiger partial charge in [-0.3, -0.25) is 9.69 Å². The minimum atomic E-state index is -0.492. The van der Waals surface area contributed by atoms with Crippen LogP contribution in [-0.2, 0) is 4.79 Å². The van der Waals surface area contributed by atoms with Gasteiger partial charge in [-0.25, -0.2) is 13.8 Å². The molecule has 1 atom stereocenters. The van der Waals surface area contributed by atoms with Gasteiger partial charge in [-0.1, -0.05) is 54.1 Å². The molecule has 0 unspecified atom stereocenters. The quantitative estimate of drug-likeness (QED) is 0.503. The van der Waals surface area contributed by atoms with Gasteiger partial charge in [0, 0.05) is 43.7 Å². The van der Waals surface area contributed by atoms with Gasteiger partial charge in [0.25, 0.3) is 5.91 Å². The first-order chi connectivity index (χ1) is 17.4. The summed E-state index contributed by atoms with van der Waals surface area (Å²) in [6, 6.07) is 19.0. The van der Waals surface area contributed by atoms with Crippen LogP contribution in [0, 0.1) is 25.5 Å². The molecule has 186 valence electrons. The first-order valence-corrected chi connectivity index (χ1v) is 12.3. The number of halogens is 2. The predicted molar refractivity (Wildman–Crippen MR) is 138 cm³/mol. The molecular formula is C29H30F2N4O. The van der Waals surface area contributed by atoms with Crippen molar-refractivity contribution in [2.45, 2.75) is 26.3 Å². The number of para-hydroxylation sites is 1. The Hall–Kier alpha value is -3.58. The lowest BCUT2D eigenvalue weighted by atomic mass is 9.95. The van der Waals surface area contributed by atoms with Crippen LogP contribution in [0.4, 0.5) is 14.5 Å². The van der Waals surface area contributed by atoms with Gasteiger partial charge >= 0.3 is 0 Å². The molecule has 0 spiro atoms. The SMILES string of the molecule is Cc1ccc(C2=NN(C(=O)CN3CCN(c4ccccc4F)CC3)[C@@H](c3ccccc3F)C2)c(C)c1. The topological polar surface area (TPSA) is 39.2 Å². The molecule has 5 rings (SSSR count). The van der Waals surface area contributed by atoms with Gasteiger partial charge in [-0.15, -0.1) is 0 Å². The van der Waals surface area contributed by atoms with Gasteiger partial charge in [0.15, 0.2) is 0 Å². The third-order valence-corrected chi connectivity index (χ3v) is 7.05. The fraction of sp³-hybridized carbons (Fsp3) is 0.310. The van der Waals surface area contributed by atoms with Crippen molar-refractivity contribution in [2.75, 3.05) is 37.6 Å². The number of carbonyl (C=O) groups is 1. The lowest BCUT2D eigenvalue weighted by molar-refractivity contribution is -0.134. The van der Waals surface area contributed by atoms with E-state index >= 15 is 0 Å². The third kappa shape index (κ3) is 4.88. The van der Waals surface area contributed by atoms with Gasteiger partial charge < -0.3 is 4.90 Å². The first kappa shape index (κ1) is 24.1. The van der Waals surface area contributed by atoms with Crippen LogP contribution < -0.4 is 4.90 Å². The Bertz CT molecular complexity index is 1300. The zero-order valence-electron chi connectivity index (χ0n) is 20.6. The van der Waals surface area contributed by atoms with Crippen LogP contribution in [0.2, 0.25) is 0 Å². The molecule has 3 aromatic carbocycles. The lowest BCUT2D eigenvalue weighted by Gasteiger charge is -2.36. The van der Waals surface area contributed by atoms with E-state index in [0.717, 1.165) is 22.4 Å². The number of piperazine rings is 1. The summed E-state index contributed by atoms with van der Waals surface area (Å²) in [5, 5.41) is 6.20. The van der Waals surface area contributed by atoms with Crippen LogP contribution in [0.1, 0.15) is 34.7 Å². The van der Waals surface area contributed by atoms with E-state index in [4.69, 9.17) is 5.10 Å². The summed E-state index contributed by atoms with van der Waals surface area (Å²) in [5.41, 5.74) is 5.07. The summed E-state index contributed by atoms with van der Waals surface area (Å²) < 4.78 is 29.0. The van der Waals surface area contributed by atoms with E-state index in [-0.39, 0.29) is 24.1 Å². The number of amides is 1. The maximum absolute atomic E-state index is 14.8. The number of anilines is 1. The monoisotopic (exact) mass is 488 g/mol. The summed E-state index contributed by atoms with van der Waals surface area (Å²) >= 11 is 0. The van der Waals surface area contributed by atoms with Crippen LogP contribution in [0.5, 0.6) is 0 Å². The zero-order chi connectivity index (χ0) is 25.2. The number of hydrogen-bond acceptors (Lipinski definition) is 4. The second-order valence-corrected chi connectivity index (χ2v) is 9.56. The molecule has 1 fully saturated rings. The molecule has 1 amide bonds. The van der Waals surface area contributed by atoms with Gasteiger partial charge in [0.1, 0.15) is 11.6 Å². The van der Waals surface area contributed by atoms with Crippen LogP contribution in [0.15, 0.2) is 71.8 Å². The minimum absolute atomic E-state index is 0.164. The molecule has 7 heteroatoms. The average Bonchev–Trinajstić information content (AvgIpc) is 3.30. The second-order valence-electron chi connectivity index (χ2n) is 9.56. The van der Waals surface area contributed by atoms with Crippen LogP contribution in [0.25, 0.3) is 0 Å². The van der Waals surface area contributed by atoms with Crippen molar-refractivity contribution in [1.29, 1.82) is 0 Å². The smallest absolute Gasteiger partial charge is 0.257 e. The Labute approximate surface area is 210 Å². The fourth-order valence-corrected chi connectivity index (χ4v) is 5.15. The van der Waals surface area contributed by atoms with E-state index in [1.165, 1.54) is 17.1 Å². The van der Waals surface area contributed by atoms with E-state index in [9.17, 15) is 13.6 Å². The summed E-state index contributed by atoms with van der Waals surface area (Å²) in [7, 11) is 0. The number of rotatable bonds is 5. The summed E-state index contributed by atoms with van der Waals surface area (Å²) in [6.07, 6.45) is 0.456. The largest absolute Gasteiger partial charge is 0.367 e. The number of benzene rings is 3. The summed E-state index contributed by atoms with van der Waals surface area (Å²) in [6.45, 7) is 6.77. The Balaban J connectivity index is 1.34. The highest BCUT2D eigenvalue weighted by atomic mass is 19.1. The maximum atomic E-state index is 14.8. The standard InChI is InChI=1S/C29H30F2N4O/c1-20-11-12-22(21(2)17-20)26-18-28(23-7-3-4-8-24(23)30)35(32-26)29(36)19-33-13-15-34(16-14-33)27-10-6-5-9-25(27)31/h3-12,17,28H,13-16,18-19H2,1-2H3/t28-/m1/s1. The highest BCUT2D eigenvalue weighted by Crippen LogP contribution is 2.35. The van der Waals surface area contributed by atoms with Crippen molar-refractivity contribution in [1.82, 2.24) is 9.91 Å². The van der Waals surface area contributed by atoms with Crippen LogP contribution in [0.3, 0.4) is 0 Å². The Morgan fingerprint density at radius 3 is 2.31 bits per heavy atom. The Morgan fingerprint density at radius 1 is 0.917 bits per heavy atom. The Morgan fingerprint density at radius 2 is 1.61 bits per heavy atom. The Kier molecular flexibility index (Phi) is 6.83. The highest BCUT2D eigenvalue weighted by molar-refractivity contribution is 6.04. The number of carbonyl (C=O) groups excluding carboxylic acids is 1. The normalized spacial score (nSPS) is 18.4. The molecule has 0 aromatic heterocycles. The van der Waals surface area contributed by atoms with E-state index in [2.05, 4.69) is 11.0 Å². The van der Waals surface area contributed by atoms with Crippen LogP contribution >= 0.6 is 0 Å². The molecule has 2 aliphatic heterocycles. The summed E-state index contributed by atoms with van der Waals surface area (Å²) in [4.78, 5) is 17.6. The summed E-state index contributed by atoms with van der Waals surface area (Å²) in [5.74, 6) is -0.738. The lowest BCUT2D eigenvalue weighted by Crippen LogP contribution is -2.49. The van der Waals surface area contributed by atoms with Crippen molar-refractivity contribution in [3.05, 3.63) is 101 Å². The maximum Gasteiger partial charge on any atom is 0.257 e. The number of hydrogen-bond donors (Lipinski definition) is 0. The van der Waals surface area contributed by atoms with Gasteiger partial charge in [-0.05, 0) is 37.6 Å². The van der Waals surface area contributed by atoms with Gasteiger partial charge in [0.05, 0.1) is 24.0 Å². The molecule has 0 bridgehead atoms. The molecule has 36 heavy (non-hydrogen) atoms. The average molecular weight is 489 g/mol. The van der Waals surface area contributed by atoms with Crippen molar-refractivity contribution >= 4 is 17.3 Å². The van der Waals surface area contributed by atoms with E-state index in [0.29, 0.717) is 43.9 Å². The van der Waals surface area contributed by atoms with Crippen molar-refractivity contribution in [2.24, 2.45) is 5.10 Å². The molecule has 5 nitrogen and oxygen atoms in total. The molecule has 1 saturated heterocycles. The second kappa shape index (κ2) is 10.2. The molecule has 0 saturated carbocycles. The van der Waals surface area contributed by atoms with Crippen LogP contribution in [-0.4, -0.2) is 54.3 Å². The van der Waals surface area contributed by atoms with E-state index in [1.807, 2.05) is 36.9 Å².